The maximum Gasteiger partial charge on any atom is 0.0894 e. The number of hydrogen-bond donors (Lipinski definition) is 1. The van der Waals surface area contributed by atoms with Crippen LogP contribution in [-0.2, 0) is 5.60 Å². The number of aliphatic hydroxyl groups is 1. The van der Waals surface area contributed by atoms with Crippen LogP contribution in [-0.4, -0.2) is 5.11 Å². The largest absolute Gasteiger partial charge is 0.385 e. The summed E-state index contributed by atoms with van der Waals surface area (Å²) in [5.74, 6) is 0. The Morgan fingerprint density at radius 1 is 1.05 bits per heavy atom. The van der Waals surface area contributed by atoms with Crippen molar-refractivity contribution in [3.63, 3.8) is 0 Å². The molecule has 0 fully saturated rings. The second-order valence-corrected chi connectivity index (χ2v) is 6.33. The molecule has 0 bridgehead atoms. The fourth-order valence-corrected chi connectivity index (χ4v) is 2.90. The minimum Gasteiger partial charge on any atom is -0.385 e. The molecule has 0 saturated heterocycles. The van der Waals surface area contributed by atoms with E-state index in [4.69, 9.17) is 0 Å². The molecule has 1 nitrogen and oxygen atoms in total. The molecule has 0 spiro atoms. The van der Waals surface area contributed by atoms with E-state index < -0.39 is 5.60 Å². The summed E-state index contributed by atoms with van der Waals surface area (Å²) in [7, 11) is 0. The van der Waals surface area contributed by atoms with Gasteiger partial charge < -0.3 is 5.11 Å². The molecule has 0 aliphatic heterocycles. The van der Waals surface area contributed by atoms with Gasteiger partial charge in [-0.05, 0) is 30.5 Å². The molecule has 2 heteroatoms. The lowest BCUT2D eigenvalue weighted by Gasteiger charge is -2.27. The van der Waals surface area contributed by atoms with Crippen molar-refractivity contribution in [2.75, 3.05) is 0 Å². The zero-order valence-electron chi connectivity index (χ0n) is 12.3. The summed E-state index contributed by atoms with van der Waals surface area (Å²) in [4.78, 5) is 0. The Morgan fingerprint density at radius 3 is 2.37 bits per heavy atom. The Morgan fingerprint density at radius 2 is 1.74 bits per heavy atom. The highest BCUT2D eigenvalue weighted by atomic mass is 79.9. The van der Waals surface area contributed by atoms with Crippen LogP contribution in [0.3, 0.4) is 0 Å². The van der Waals surface area contributed by atoms with Gasteiger partial charge in [-0.2, -0.15) is 0 Å². The molecule has 1 rings (SSSR count). The molecule has 1 aromatic rings. The monoisotopic (exact) mass is 326 g/mol. The first-order valence-electron chi connectivity index (χ1n) is 7.61. The number of halogens is 1. The van der Waals surface area contributed by atoms with Crippen LogP contribution in [0, 0.1) is 0 Å². The topological polar surface area (TPSA) is 20.2 Å². The Labute approximate surface area is 126 Å². The molecule has 0 heterocycles. The van der Waals surface area contributed by atoms with Gasteiger partial charge in [0.2, 0.25) is 0 Å². The third-order valence-corrected chi connectivity index (χ3v) is 4.38. The first-order valence-corrected chi connectivity index (χ1v) is 8.40. The van der Waals surface area contributed by atoms with E-state index in [0.29, 0.717) is 0 Å². The number of benzene rings is 1. The zero-order chi connectivity index (χ0) is 14.1. The van der Waals surface area contributed by atoms with Crippen molar-refractivity contribution in [3.8, 4) is 0 Å². The molecule has 0 saturated carbocycles. The number of hydrogen-bond acceptors (Lipinski definition) is 1. The van der Waals surface area contributed by atoms with E-state index >= 15 is 0 Å². The average molecular weight is 327 g/mol. The normalized spacial score (nSPS) is 14.3. The Kier molecular flexibility index (Phi) is 7.70. The second kappa shape index (κ2) is 8.76. The molecule has 1 atom stereocenters. The summed E-state index contributed by atoms with van der Waals surface area (Å²) >= 11 is 3.48. The van der Waals surface area contributed by atoms with Crippen molar-refractivity contribution in [1.82, 2.24) is 0 Å². The maximum atomic E-state index is 10.8. The molecule has 1 aromatic carbocycles. The van der Waals surface area contributed by atoms with Crippen molar-refractivity contribution in [2.24, 2.45) is 0 Å². The van der Waals surface area contributed by atoms with E-state index in [0.717, 1.165) is 29.3 Å². The molecule has 19 heavy (non-hydrogen) atoms. The Bertz CT molecular complexity index is 364. The molecule has 0 aliphatic carbocycles. The van der Waals surface area contributed by atoms with Gasteiger partial charge in [-0.1, -0.05) is 80.4 Å². The van der Waals surface area contributed by atoms with Crippen LogP contribution in [0.1, 0.15) is 70.8 Å². The predicted octanol–water partition coefficient (Wildman–Crippen LogP) is 5.80. The molecule has 0 amide bonds. The van der Waals surface area contributed by atoms with E-state index in [-0.39, 0.29) is 0 Å². The van der Waals surface area contributed by atoms with Crippen molar-refractivity contribution >= 4 is 15.9 Å². The van der Waals surface area contributed by atoms with Gasteiger partial charge in [0.15, 0.2) is 0 Å². The van der Waals surface area contributed by atoms with Gasteiger partial charge in [0, 0.05) is 4.47 Å². The van der Waals surface area contributed by atoms with Crippen LogP contribution in [0.2, 0.25) is 0 Å². The van der Waals surface area contributed by atoms with E-state index in [1.165, 1.54) is 32.1 Å². The highest BCUT2D eigenvalue weighted by Crippen LogP contribution is 2.32. The van der Waals surface area contributed by atoms with Crippen LogP contribution >= 0.6 is 15.9 Å². The van der Waals surface area contributed by atoms with E-state index in [1.807, 2.05) is 24.3 Å². The first kappa shape index (κ1) is 16.7. The molecule has 1 unspecified atom stereocenters. The minimum atomic E-state index is -0.658. The van der Waals surface area contributed by atoms with Gasteiger partial charge in [0.25, 0.3) is 0 Å². The van der Waals surface area contributed by atoms with Crippen LogP contribution in [0.5, 0.6) is 0 Å². The maximum absolute atomic E-state index is 10.8. The van der Waals surface area contributed by atoms with Crippen LogP contribution < -0.4 is 0 Å². The molecule has 108 valence electrons. The molecule has 0 aromatic heterocycles. The summed E-state index contributed by atoms with van der Waals surface area (Å²) < 4.78 is 1.04. The summed E-state index contributed by atoms with van der Waals surface area (Å²) in [6.07, 6.45) is 9.24. The fourth-order valence-electron chi connectivity index (χ4n) is 2.50. The molecular formula is C17H27BrO. The SMILES string of the molecule is CCCCCCCCC(O)(CC)c1cccc(Br)c1. The van der Waals surface area contributed by atoms with Gasteiger partial charge in [-0.25, -0.2) is 0 Å². The first-order chi connectivity index (χ1) is 9.12. The van der Waals surface area contributed by atoms with E-state index in [2.05, 4.69) is 29.8 Å². The van der Waals surface area contributed by atoms with Gasteiger partial charge in [0.1, 0.15) is 0 Å². The lowest BCUT2D eigenvalue weighted by molar-refractivity contribution is 0.0206. The molecule has 0 aliphatic rings. The fraction of sp³-hybridized carbons (Fsp3) is 0.647. The van der Waals surface area contributed by atoms with Crippen molar-refractivity contribution in [3.05, 3.63) is 34.3 Å². The van der Waals surface area contributed by atoms with Crippen molar-refractivity contribution in [2.45, 2.75) is 70.8 Å². The summed E-state index contributed by atoms with van der Waals surface area (Å²) in [6.45, 7) is 4.31. The van der Waals surface area contributed by atoms with Crippen LogP contribution in [0.4, 0.5) is 0 Å². The predicted molar refractivity (Wildman–Crippen MR) is 86.3 cm³/mol. The smallest absolute Gasteiger partial charge is 0.0894 e. The lowest BCUT2D eigenvalue weighted by atomic mass is 9.86. The van der Waals surface area contributed by atoms with Crippen molar-refractivity contribution < 1.29 is 5.11 Å². The van der Waals surface area contributed by atoms with Gasteiger partial charge in [-0.15, -0.1) is 0 Å². The molecule has 0 radical (unpaired) electrons. The standard InChI is InChI=1S/C17H27BrO/c1-3-5-6-7-8-9-13-17(19,4-2)15-11-10-12-16(18)14-15/h10-12,14,19H,3-9,13H2,1-2H3. The van der Waals surface area contributed by atoms with E-state index in [9.17, 15) is 5.11 Å². The van der Waals surface area contributed by atoms with Crippen molar-refractivity contribution in [1.29, 1.82) is 0 Å². The summed E-state index contributed by atoms with van der Waals surface area (Å²) in [6, 6.07) is 8.08. The lowest BCUT2D eigenvalue weighted by Crippen LogP contribution is -2.24. The van der Waals surface area contributed by atoms with Crippen LogP contribution in [0.15, 0.2) is 28.7 Å². The molecular weight excluding hydrogens is 300 g/mol. The quantitative estimate of drug-likeness (QED) is 0.569. The van der Waals surface area contributed by atoms with Gasteiger partial charge in [0.05, 0.1) is 5.60 Å². The Hall–Kier alpha value is -0.340. The van der Waals surface area contributed by atoms with Gasteiger partial charge >= 0.3 is 0 Å². The van der Waals surface area contributed by atoms with Gasteiger partial charge in [-0.3, -0.25) is 0 Å². The molecule has 1 N–H and O–H groups in total. The second-order valence-electron chi connectivity index (χ2n) is 5.41. The average Bonchev–Trinajstić information content (AvgIpc) is 2.42. The number of rotatable bonds is 9. The summed E-state index contributed by atoms with van der Waals surface area (Å²) in [5, 5.41) is 10.8. The summed E-state index contributed by atoms with van der Waals surface area (Å²) in [5.41, 5.74) is 0.382. The zero-order valence-corrected chi connectivity index (χ0v) is 13.9. The third-order valence-electron chi connectivity index (χ3n) is 3.89. The van der Waals surface area contributed by atoms with E-state index in [1.54, 1.807) is 0 Å². The highest BCUT2D eigenvalue weighted by molar-refractivity contribution is 9.10. The van der Waals surface area contributed by atoms with Crippen LogP contribution in [0.25, 0.3) is 0 Å². The Balaban J connectivity index is 2.47. The highest BCUT2D eigenvalue weighted by Gasteiger charge is 2.26. The third kappa shape index (κ3) is 5.66. The number of unbranched alkanes of at least 4 members (excludes halogenated alkanes) is 5. The minimum absolute atomic E-state index is 0.658.